The van der Waals surface area contributed by atoms with Crippen molar-refractivity contribution < 1.29 is 19.5 Å². The summed E-state index contributed by atoms with van der Waals surface area (Å²) in [6, 6.07) is 6.12. The van der Waals surface area contributed by atoms with Crippen molar-refractivity contribution >= 4 is 29.4 Å². The fraction of sp³-hybridized carbons (Fsp3) is 0.214. The number of hydrogen-bond donors (Lipinski definition) is 2. The summed E-state index contributed by atoms with van der Waals surface area (Å²) >= 11 is 5.70. The zero-order chi connectivity index (χ0) is 15.8. The van der Waals surface area contributed by atoms with Gasteiger partial charge in [-0.1, -0.05) is 17.5 Å². The Kier molecular flexibility index (Phi) is 6.24. The van der Waals surface area contributed by atoms with Gasteiger partial charge in [0, 0.05) is 10.6 Å². The van der Waals surface area contributed by atoms with Crippen molar-refractivity contribution in [1.29, 1.82) is 0 Å². The molecule has 7 heteroatoms. The summed E-state index contributed by atoms with van der Waals surface area (Å²) in [4.78, 5) is 35.2. The Morgan fingerprint density at radius 3 is 2.43 bits per heavy atom. The number of nitrogens with one attached hydrogen (secondary N) is 1. The Balaban J connectivity index is 2.58. The van der Waals surface area contributed by atoms with E-state index in [0.29, 0.717) is 10.6 Å². The topological polar surface area (TPSA) is 86.7 Å². The average Bonchev–Trinajstić information content (AvgIpc) is 2.44. The van der Waals surface area contributed by atoms with Crippen molar-refractivity contribution in [1.82, 2.24) is 10.2 Å². The minimum absolute atomic E-state index is 0.137. The number of carbonyl (C=O) groups is 3. The fourth-order valence-electron chi connectivity index (χ4n) is 1.48. The van der Waals surface area contributed by atoms with Gasteiger partial charge in [0.05, 0.1) is 13.1 Å². The van der Waals surface area contributed by atoms with Crippen LogP contribution in [0.1, 0.15) is 10.4 Å². The standard InChI is InChI=1S/C14H13ClN2O4/c1-2-7-17(9-13(19)20)12(18)8-16-14(21)10-3-5-11(15)6-4-10/h1,3-6H,7-9H2,(H,16,21)(H,19,20). The van der Waals surface area contributed by atoms with Crippen LogP contribution in [0.5, 0.6) is 0 Å². The molecule has 2 amide bonds. The van der Waals surface area contributed by atoms with Gasteiger partial charge in [0.25, 0.3) is 5.91 Å². The molecule has 0 aliphatic carbocycles. The maximum atomic E-state index is 11.8. The molecule has 1 rings (SSSR count). The Hall–Kier alpha value is -2.52. The van der Waals surface area contributed by atoms with Crippen LogP contribution in [0, 0.1) is 12.3 Å². The third-order valence-corrected chi connectivity index (χ3v) is 2.72. The summed E-state index contributed by atoms with van der Waals surface area (Å²) in [5.74, 6) is -0.0178. The van der Waals surface area contributed by atoms with Crippen LogP contribution in [0.3, 0.4) is 0 Å². The van der Waals surface area contributed by atoms with Gasteiger partial charge in [-0.05, 0) is 24.3 Å². The number of benzene rings is 1. The van der Waals surface area contributed by atoms with E-state index in [4.69, 9.17) is 23.1 Å². The zero-order valence-corrected chi connectivity index (χ0v) is 11.8. The molecule has 21 heavy (non-hydrogen) atoms. The number of carbonyl (C=O) groups excluding carboxylic acids is 2. The van der Waals surface area contributed by atoms with Crippen LogP contribution in [-0.2, 0) is 9.59 Å². The Labute approximate surface area is 126 Å². The maximum Gasteiger partial charge on any atom is 0.323 e. The Morgan fingerprint density at radius 1 is 1.29 bits per heavy atom. The van der Waals surface area contributed by atoms with Gasteiger partial charge in [0.15, 0.2) is 0 Å². The van der Waals surface area contributed by atoms with E-state index in [-0.39, 0.29) is 13.1 Å². The second-order valence-corrected chi connectivity index (χ2v) is 4.47. The number of hydrogen-bond acceptors (Lipinski definition) is 3. The van der Waals surface area contributed by atoms with Gasteiger partial charge in [-0.2, -0.15) is 0 Å². The van der Waals surface area contributed by atoms with Gasteiger partial charge in [-0.25, -0.2) is 0 Å². The van der Waals surface area contributed by atoms with Crippen molar-refractivity contribution in [3.63, 3.8) is 0 Å². The second-order valence-electron chi connectivity index (χ2n) is 4.04. The molecule has 6 nitrogen and oxygen atoms in total. The number of carboxylic acids is 1. The monoisotopic (exact) mass is 308 g/mol. The lowest BCUT2D eigenvalue weighted by Gasteiger charge is -2.18. The molecule has 0 fully saturated rings. The van der Waals surface area contributed by atoms with Crippen LogP contribution in [0.25, 0.3) is 0 Å². The molecule has 0 atom stereocenters. The summed E-state index contributed by atoms with van der Waals surface area (Å²) in [6.45, 7) is -0.988. The predicted molar refractivity (Wildman–Crippen MR) is 76.8 cm³/mol. The SMILES string of the molecule is C#CCN(CC(=O)O)C(=O)CNC(=O)c1ccc(Cl)cc1. The molecule has 110 valence electrons. The number of rotatable bonds is 6. The van der Waals surface area contributed by atoms with Crippen LogP contribution in [0.4, 0.5) is 0 Å². The molecular weight excluding hydrogens is 296 g/mol. The highest BCUT2D eigenvalue weighted by atomic mass is 35.5. The van der Waals surface area contributed by atoms with E-state index in [1.54, 1.807) is 12.1 Å². The van der Waals surface area contributed by atoms with Gasteiger partial charge >= 0.3 is 5.97 Å². The largest absolute Gasteiger partial charge is 0.480 e. The van der Waals surface area contributed by atoms with Gasteiger partial charge in [0.2, 0.25) is 5.91 Å². The summed E-state index contributed by atoms with van der Waals surface area (Å²) in [6.07, 6.45) is 5.07. The summed E-state index contributed by atoms with van der Waals surface area (Å²) in [7, 11) is 0. The number of aliphatic carboxylic acids is 1. The van der Waals surface area contributed by atoms with Gasteiger partial charge in [0.1, 0.15) is 6.54 Å². The predicted octanol–water partition coefficient (Wildman–Crippen LogP) is 0.616. The first kappa shape index (κ1) is 16.5. The molecule has 0 saturated carbocycles. The fourth-order valence-corrected chi connectivity index (χ4v) is 1.60. The van der Waals surface area contributed by atoms with Crippen LogP contribution in [0.2, 0.25) is 5.02 Å². The molecular formula is C14H13ClN2O4. The lowest BCUT2D eigenvalue weighted by molar-refractivity contribution is -0.143. The summed E-state index contributed by atoms with van der Waals surface area (Å²) in [5, 5.41) is 11.6. The zero-order valence-electron chi connectivity index (χ0n) is 11.0. The van der Waals surface area contributed by atoms with Crippen molar-refractivity contribution in [2.45, 2.75) is 0 Å². The number of carboxylic acid groups (broad SMARTS) is 1. The van der Waals surface area contributed by atoms with Crippen LogP contribution >= 0.6 is 11.6 Å². The molecule has 1 aromatic rings. The first-order valence-corrected chi connectivity index (χ1v) is 6.28. The molecule has 1 aromatic carbocycles. The molecule has 0 aromatic heterocycles. The van der Waals surface area contributed by atoms with Crippen molar-refractivity contribution in [3.05, 3.63) is 34.9 Å². The van der Waals surface area contributed by atoms with Crippen molar-refractivity contribution in [2.75, 3.05) is 19.6 Å². The number of halogens is 1. The number of nitrogens with zero attached hydrogens (tertiary/aromatic N) is 1. The van der Waals surface area contributed by atoms with Crippen LogP contribution in [-0.4, -0.2) is 47.4 Å². The van der Waals surface area contributed by atoms with E-state index in [0.717, 1.165) is 4.90 Å². The van der Waals surface area contributed by atoms with E-state index < -0.39 is 24.3 Å². The summed E-state index contributed by atoms with van der Waals surface area (Å²) in [5.41, 5.74) is 0.342. The van der Waals surface area contributed by atoms with E-state index in [2.05, 4.69) is 11.2 Å². The Bertz CT molecular complexity index is 578. The van der Waals surface area contributed by atoms with E-state index in [9.17, 15) is 14.4 Å². The first-order valence-electron chi connectivity index (χ1n) is 5.91. The number of terminal acetylenes is 1. The van der Waals surface area contributed by atoms with Gasteiger partial charge < -0.3 is 15.3 Å². The molecule has 0 aliphatic heterocycles. The number of amides is 2. The van der Waals surface area contributed by atoms with Crippen LogP contribution in [0.15, 0.2) is 24.3 Å². The quantitative estimate of drug-likeness (QED) is 0.754. The van der Waals surface area contributed by atoms with E-state index in [1.807, 2.05) is 0 Å². The molecule has 0 unspecified atom stereocenters. The minimum atomic E-state index is -1.18. The highest BCUT2D eigenvalue weighted by Crippen LogP contribution is 2.09. The average molecular weight is 309 g/mol. The maximum absolute atomic E-state index is 11.8. The Morgan fingerprint density at radius 2 is 1.90 bits per heavy atom. The van der Waals surface area contributed by atoms with Crippen molar-refractivity contribution in [2.24, 2.45) is 0 Å². The van der Waals surface area contributed by atoms with E-state index >= 15 is 0 Å². The van der Waals surface area contributed by atoms with Gasteiger partial charge in [-0.15, -0.1) is 6.42 Å². The van der Waals surface area contributed by atoms with Gasteiger partial charge in [-0.3, -0.25) is 14.4 Å². The van der Waals surface area contributed by atoms with E-state index in [1.165, 1.54) is 12.1 Å². The normalized spacial score (nSPS) is 9.52. The highest BCUT2D eigenvalue weighted by Gasteiger charge is 2.16. The minimum Gasteiger partial charge on any atom is -0.480 e. The molecule has 0 spiro atoms. The third kappa shape index (κ3) is 5.55. The smallest absolute Gasteiger partial charge is 0.323 e. The molecule has 0 radical (unpaired) electrons. The first-order chi connectivity index (χ1) is 9.93. The van der Waals surface area contributed by atoms with Crippen LogP contribution < -0.4 is 5.32 Å². The molecule has 0 saturated heterocycles. The highest BCUT2D eigenvalue weighted by molar-refractivity contribution is 6.30. The molecule has 2 N–H and O–H groups in total. The second kappa shape index (κ2) is 7.92. The van der Waals surface area contributed by atoms with Crippen molar-refractivity contribution in [3.8, 4) is 12.3 Å². The lowest BCUT2D eigenvalue weighted by Crippen LogP contribution is -2.42. The summed E-state index contributed by atoms with van der Waals surface area (Å²) < 4.78 is 0. The third-order valence-electron chi connectivity index (χ3n) is 2.47. The molecule has 0 bridgehead atoms. The lowest BCUT2D eigenvalue weighted by atomic mass is 10.2. The molecule has 0 aliphatic rings. The molecule has 0 heterocycles.